The van der Waals surface area contributed by atoms with Crippen molar-refractivity contribution in [3.63, 3.8) is 0 Å². The van der Waals surface area contributed by atoms with E-state index in [1.807, 2.05) is 0 Å². The van der Waals surface area contributed by atoms with Crippen LogP contribution in [0.15, 0.2) is 21.5 Å². The van der Waals surface area contributed by atoms with E-state index in [1.54, 1.807) is 19.2 Å². The molecule has 1 saturated heterocycles. The molecule has 0 aliphatic carbocycles. The lowest BCUT2D eigenvalue weighted by atomic mass is 10.3. The van der Waals surface area contributed by atoms with Crippen LogP contribution in [0, 0.1) is 0 Å². The van der Waals surface area contributed by atoms with Crippen molar-refractivity contribution in [2.45, 2.75) is 25.5 Å². The van der Waals surface area contributed by atoms with Crippen molar-refractivity contribution >= 4 is 35.8 Å². The van der Waals surface area contributed by atoms with Crippen LogP contribution >= 0.6 is 24.0 Å². The Balaban J connectivity index is 0.00000288. The van der Waals surface area contributed by atoms with Crippen LogP contribution in [0.25, 0.3) is 0 Å². The minimum absolute atomic E-state index is 0. The number of furan rings is 1. The van der Waals surface area contributed by atoms with Crippen molar-refractivity contribution in [2.24, 2.45) is 10.7 Å². The highest BCUT2D eigenvalue weighted by molar-refractivity contribution is 14.0. The average molecular weight is 452 g/mol. The van der Waals surface area contributed by atoms with E-state index in [2.05, 4.69) is 15.6 Å². The van der Waals surface area contributed by atoms with Gasteiger partial charge in [0.05, 0.1) is 19.3 Å². The molecule has 1 fully saturated rings. The number of guanidine groups is 1. The summed E-state index contributed by atoms with van der Waals surface area (Å²) >= 11 is 0. The average Bonchev–Trinajstić information content (AvgIpc) is 3.21. The van der Waals surface area contributed by atoms with Crippen molar-refractivity contribution in [1.82, 2.24) is 10.6 Å². The van der Waals surface area contributed by atoms with Crippen LogP contribution in [0.5, 0.6) is 0 Å². The third-order valence-corrected chi connectivity index (χ3v) is 3.41. The first-order valence-corrected chi connectivity index (χ1v) is 7.71. The van der Waals surface area contributed by atoms with Crippen molar-refractivity contribution in [3.8, 4) is 0 Å². The van der Waals surface area contributed by atoms with E-state index in [1.165, 1.54) is 0 Å². The van der Waals surface area contributed by atoms with E-state index >= 15 is 0 Å². The fraction of sp³-hybridized carbons (Fsp3) is 0.600. The molecule has 1 aliphatic rings. The summed E-state index contributed by atoms with van der Waals surface area (Å²) in [6, 6.07) is 3.26. The highest BCUT2D eigenvalue weighted by Gasteiger charge is 2.15. The number of amides is 1. The normalized spacial score (nSPS) is 17.4. The molecule has 136 valence electrons. The molecular formula is C15H25IN4O4. The van der Waals surface area contributed by atoms with Gasteiger partial charge in [0.2, 0.25) is 0 Å². The second-order valence-electron chi connectivity index (χ2n) is 5.19. The Morgan fingerprint density at radius 1 is 1.46 bits per heavy atom. The van der Waals surface area contributed by atoms with Gasteiger partial charge in [0.1, 0.15) is 5.76 Å². The predicted octanol–water partition coefficient (Wildman–Crippen LogP) is 0.857. The number of hydrogen-bond acceptors (Lipinski definition) is 5. The number of hydrogen-bond donors (Lipinski definition) is 3. The number of carbonyl (C=O) groups is 1. The summed E-state index contributed by atoms with van der Waals surface area (Å²) < 4.78 is 16.2. The maximum atomic E-state index is 11.0. The van der Waals surface area contributed by atoms with Crippen molar-refractivity contribution < 1.29 is 18.7 Å². The quantitative estimate of drug-likeness (QED) is 0.234. The lowest BCUT2D eigenvalue weighted by molar-refractivity contribution is 0.0420. The minimum atomic E-state index is -0.577. The van der Waals surface area contributed by atoms with Gasteiger partial charge in [-0.3, -0.25) is 9.79 Å². The molecule has 1 aromatic heterocycles. The number of halogens is 1. The lowest BCUT2D eigenvalue weighted by Crippen LogP contribution is -2.37. The number of nitrogens with two attached hydrogens (primary N) is 1. The summed E-state index contributed by atoms with van der Waals surface area (Å²) in [7, 11) is 1.69. The highest BCUT2D eigenvalue weighted by atomic mass is 127. The molecule has 2 rings (SSSR count). The summed E-state index contributed by atoms with van der Waals surface area (Å²) in [5, 5.41) is 6.29. The van der Waals surface area contributed by atoms with E-state index in [4.69, 9.17) is 19.6 Å². The van der Waals surface area contributed by atoms with Gasteiger partial charge >= 0.3 is 0 Å². The monoisotopic (exact) mass is 452 g/mol. The number of rotatable bonds is 8. The van der Waals surface area contributed by atoms with Crippen LogP contribution in [0.3, 0.4) is 0 Å². The fourth-order valence-corrected chi connectivity index (χ4v) is 2.17. The molecular weight excluding hydrogens is 427 g/mol. The Bertz CT molecular complexity index is 529. The van der Waals surface area contributed by atoms with Crippen molar-refractivity contribution in [1.29, 1.82) is 0 Å². The maximum absolute atomic E-state index is 11.0. The molecule has 0 spiro atoms. The molecule has 1 aliphatic heterocycles. The Morgan fingerprint density at radius 2 is 2.29 bits per heavy atom. The van der Waals surface area contributed by atoms with Crippen LogP contribution in [-0.2, 0) is 16.0 Å². The standard InChI is InChI=1S/C15H24N4O4.HI/c1-17-15(18-6-2-7-22-12-5-8-21-10-12)19-9-11-3-4-13(23-11)14(16)20;/h3-4,12H,2,5-10H2,1H3,(H2,16,20)(H2,17,18,19);1H. The Morgan fingerprint density at radius 3 is 2.92 bits per heavy atom. The number of aliphatic imine (C=N–C) groups is 1. The Hall–Kier alpha value is -1.33. The van der Waals surface area contributed by atoms with Crippen LogP contribution in [0.4, 0.5) is 0 Å². The predicted molar refractivity (Wildman–Crippen MR) is 101 cm³/mol. The lowest BCUT2D eigenvalue weighted by Gasteiger charge is -2.12. The molecule has 1 atom stereocenters. The summed E-state index contributed by atoms with van der Waals surface area (Å²) in [5.74, 6) is 0.849. The van der Waals surface area contributed by atoms with Gasteiger partial charge in [0.15, 0.2) is 11.7 Å². The third-order valence-electron chi connectivity index (χ3n) is 3.41. The number of nitrogens with zero attached hydrogens (tertiary/aromatic N) is 1. The number of nitrogens with one attached hydrogen (secondary N) is 2. The number of primary amides is 1. The van der Waals surface area contributed by atoms with Crippen molar-refractivity contribution in [3.05, 3.63) is 23.7 Å². The maximum Gasteiger partial charge on any atom is 0.284 e. The summed E-state index contributed by atoms with van der Waals surface area (Å²) in [6.45, 7) is 3.36. The molecule has 0 saturated carbocycles. The zero-order chi connectivity index (χ0) is 16.5. The molecule has 2 heterocycles. The van der Waals surface area contributed by atoms with Gasteiger partial charge in [0, 0.05) is 26.8 Å². The van der Waals surface area contributed by atoms with Gasteiger partial charge in [-0.15, -0.1) is 24.0 Å². The first-order chi connectivity index (χ1) is 11.2. The molecule has 0 aromatic carbocycles. The van der Waals surface area contributed by atoms with Crippen LogP contribution in [0.2, 0.25) is 0 Å². The zero-order valence-corrected chi connectivity index (χ0v) is 16.1. The molecule has 0 radical (unpaired) electrons. The van der Waals surface area contributed by atoms with E-state index < -0.39 is 5.91 Å². The van der Waals surface area contributed by atoms with Crippen LogP contribution < -0.4 is 16.4 Å². The van der Waals surface area contributed by atoms with E-state index in [9.17, 15) is 4.79 Å². The first-order valence-electron chi connectivity index (χ1n) is 7.71. The van der Waals surface area contributed by atoms with Gasteiger partial charge in [-0.05, 0) is 25.0 Å². The van der Waals surface area contributed by atoms with E-state index in [-0.39, 0.29) is 35.8 Å². The fourth-order valence-electron chi connectivity index (χ4n) is 2.17. The molecule has 9 heteroatoms. The number of ether oxygens (including phenoxy) is 2. The van der Waals surface area contributed by atoms with Gasteiger partial charge < -0.3 is 30.3 Å². The topological polar surface area (TPSA) is 111 Å². The van der Waals surface area contributed by atoms with Crippen molar-refractivity contribution in [2.75, 3.05) is 33.4 Å². The van der Waals surface area contributed by atoms with Gasteiger partial charge in [0.25, 0.3) is 5.91 Å². The van der Waals surface area contributed by atoms with Gasteiger partial charge in [-0.2, -0.15) is 0 Å². The third kappa shape index (κ3) is 7.05. The smallest absolute Gasteiger partial charge is 0.284 e. The molecule has 24 heavy (non-hydrogen) atoms. The summed E-state index contributed by atoms with van der Waals surface area (Å²) in [4.78, 5) is 15.1. The van der Waals surface area contributed by atoms with E-state index in [0.717, 1.165) is 26.0 Å². The van der Waals surface area contributed by atoms with Gasteiger partial charge in [-0.25, -0.2) is 0 Å². The molecule has 8 nitrogen and oxygen atoms in total. The zero-order valence-electron chi connectivity index (χ0n) is 13.7. The summed E-state index contributed by atoms with van der Waals surface area (Å²) in [6.07, 6.45) is 2.10. The molecule has 1 aromatic rings. The molecule has 1 unspecified atom stereocenters. The second-order valence-corrected chi connectivity index (χ2v) is 5.19. The summed E-state index contributed by atoms with van der Waals surface area (Å²) in [5.41, 5.74) is 5.14. The molecule has 0 bridgehead atoms. The molecule has 1 amide bonds. The Kier molecular flexibility index (Phi) is 9.72. The second kappa shape index (κ2) is 11.3. The largest absolute Gasteiger partial charge is 0.454 e. The van der Waals surface area contributed by atoms with Crippen LogP contribution in [0.1, 0.15) is 29.2 Å². The van der Waals surface area contributed by atoms with E-state index in [0.29, 0.717) is 31.5 Å². The SMILES string of the molecule is CN=C(NCCCOC1CCOC1)NCc1ccc(C(N)=O)o1.I. The number of carbonyl (C=O) groups excluding carboxylic acids is 1. The minimum Gasteiger partial charge on any atom is -0.454 e. The molecule has 4 N–H and O–H groups in total. The van der Waals surface area contributed by atoms with Crippen LogP contribution in [-0.4, -0.2) is 51.4 Å². The Labute approximate surface area is 158 Å². The van der Waals surface area contributed by atoms with Gasteiger partial charge in [-0.1, -0.05) is 0 Å². The first kappa shape index (κ1) is 20.7. The highest BCUT2D eigenvalue weighted by Crippen LogP contribution is 2.08.